The van der Waals surface area contributed by atoms with Gasteiger partial charge in [-0.15, -0.1) is 0 Å². The molecule has 3 heteroatoms. The van der Waals surface area contributed by atoms with E-state index in [0.29, 0.717) is 19.0 Å². The van der Waals surface area contributed by atoms with Crippen LogP contribution in [0.15, 0.2) is 0 Å². The largest absolute Gasteiger partial charge is 0.373 e. The van der Waals surface area contributed by atoms with E-state index in [1.165, 1.54) is 25.7 Å². The molecule has 0 N–H and O–H groups in total. The molecule has 0 bridgehead atoms. The van der Waals surface area contributed by atoms with Crippen molar-refractivity contribution in [3.63, 3.8) is 0 Å². The quantitative estimate of drug-likeness (QED) is 0.467. The summed E-state index contributed by atoms with van der Waals surface area (Å²) >= 11 is 0. The van der Waals surface area contributed by atoms with Crippen molar-refractivity contribution in [2.45, 2.75) is 44.3 Å². The molecule has 2 fully saturated rings. The lowest BCUT2D eigenvalue weighted by molar-refractivity contribution is 0.0440. The van der Waals surface area contributed by atoms with Gasteiger partial charge >= 0.3 is 0 Å². The molecular formula is C10H18O3. The molecule has 0 aliphatic carbocycles. The maximum atomic E-state index is 5.35. The topological polar surface area (TPSA) is 31.0 Å². The van der Waals surface area contributed by atoms with Crippen LogP contribution in [0.3, 0.4) is 0 Å². The molecule has 0 aromatic heterocycles. The summed E-state index contributed by atoms with van der Waals surface area (Å²) in [5.41, 5.74) is 0. The van der Waals surface area contributed by atoms with Gasteiger partial charge in [0.05, 0.1) is 25.4 Å². The van der Waals surface area contributed by atoms with E-state index in [4.69, 9.17) is 14.2 Å². The first-order valence-corrected chi connectivity index (χ1v) is 5.26. The lowest BCUT2D eigenvalue weighted by Gasteiger charge is -2.05. The molecule has 2 aliphatic rings. The van der Waals surface area contributed by atoms with Crippen LogP contribution in [0.25, 0.3) is 0 Å². The normalized spacial score (nSPS) is 32.3. The molecule has 13 heavy (non-hydrogen) atoms. The highest BCUT2D eigenvalue weighted by Gasteiger charge is 2.21. The summed E-state index contributed by atoms with van der Waals surface area (Å²) in [5, 5.41) is 0. The minimum absolute atomic E-state index is 0.372. The number of ether oxygens (including phenoxy) is 3. The molecule has 0 amide bonds. The molecular weight excluding hydrogens is 168 g/mol. The molecule has 2 saturated heterocycles. The van der Waals surface area contributed by atoms with Crippen molar-refractivity contribution in [2.24, 2.45) is 0 Å². The van der Waals surface area contributed by atoms with E-state index >= 15 is 0 Å². The van der Waals surface area contributed by atoms with Crippen LogP contribution in [0.5, 0.6) is 0 Å². The van der Waals surface area contributed by atoms with Gasteiger partial charge in [-0.3, -0.25) is 0 Å². The van der Waals surface area contributed by atoms with Crippen LogP contribution in [0.4, 0.5) is 0 Å². The van der Waals surface area contributed by atoms with Crippen molar-refractivity contribution in [2.75, 3.05) is 20.0 Å². The van der Waals surface area contributed by atoms with E-state index < -0.39 is 0 Å². The molecule has 2 aliphatic heterocycles. The first-order chi connectivity index (χ1) is 6.45. The number of unbranched alkanes of at least 4 members (excludes halogenated alkanes) is 2. The third kappa shape index (κ3) is 3.63. The van der Waals surface area contributed by atoms with Crippen LogP contribution in [0, 0.1) is 0 Å². The van der Waals surface area contributed by atoms with Gasteiger partial charge in [0.15, 0.2) is 0 Å². The highest BCUT2D eigenvalue weighted by molar-refractivity contribution is 4.68. The van der Waals surface area contributed by atoms with Crippen LogP contribution in [-0.2, 0) is 14.2 Å². The Morgan fingerprint density at radius 2 is 1.54 bits per heavy atom. The predicted molar refractivity (Wildman–Crippen MR) is 48.5 cm³/mol. The maximum absolute atomic E-state index is 5.35. The summed E-state index contributed by atoms with van der Waals surface area (Å²) in [7, 11) is 0. The zero-order chi connectivity index (χ0) is 8.93. The van der Waals surface area contributed by atoms with Crippen molar-refractivity contribution in [1.29, 1.82) is 0 Å². The van der Waals surface area contributed by atoms with Gasteiger partial charge < -0.3 is 14.2 Å². The number of epoxide rings is 1. The van der Waals surface area contributed by atoms with Crippen molar-refractivity contribution >= 4 is 0 Å². The second kappa shape index (κ2) is 4.94. The van der Waals surface area contributed by atoms with Gasteiger partial charge in [-0.2, -0.15) is 0 Å². The lowest BCUT2D eigenvalue weighted by Crippen LogP contribution is -2.08. The Kier molecular flexibility index (Phi) is 3.58. The van der Waals surface area contributed by atoms with E-state index in [0.717, 1.165) is 19.6 Å². The molecule has 2 heterocycles. The van der Waals surface area contributed by atoms with Crippen LogP contribution in [0.2, 0.25) is 0 Å². The number of hydrogen-bond donors (Lipinski definition) is 0. The van der Waals surface area contributed by atoms with Crippen LogP contribution in [-0.4, -0.2) is 32.2 Å². The van der Waals surface area contributed by atoms with Crippen molar-refractivity contribution < 1.29 is 14.2 Å². The van der Waals surface area contributed by atoms with Crippen molar-refractivity contribution in [3.8, 4) is 0 Å². The minimum atomic E-state index is 0.372. The lowest BCUT2D eigenvalue weighted by atomic mass is 10.1. The van der Waals surface area contributed by atoms with Gasteiger partial charge in [0.25, 0.3) is 0 Å². The average Bonchev–Trinajstić information content (AvgIpc) is 2.81. The molecule has 0 radical (unpaired) electrons. The van der Waals surface area contributed by atoms with Gasteiger partial charge in [-0.1, -0.05) is 19.3 Å². The van der Waals surface area contributed by atoms with E-state index in [2.05, 4.69) is 0 Å². The Bertz CT molecular complexity index is 139. The number of hydrogen-bond acceptors (Lipinski definition) is 3. The molecule has 0 saturated carbocycles. The summed E-state index contributed by atoms with van der Waals surface area (Å²) < 4.78 is 15.6. The molecule has 2 rings (SSSR count). The second-order valence-electron chi connectivity index (χ2n) is 3.87. The Labute approximate surface area is 79.4 Å². The second-order valence-corrected chi connectivity index (χ2v) is 3.87. The first kappa shape index (κ1) is 9.44. The average molecular weight is 186 g/mol. The Morgan fingerprint density at radius 3 is 2.08 bits per heavy atom. The van der Waals surface area contributed by atoms with E-state index in [9.17, 15) is 0 Å². The SMILES string of the molecule is C(CC[C@@H]1CO1)CC[C@H]1COCO1. The molecule has 0 spiro atoms. The zero-order valence-electron chi connectivity index (χ0n) is 8.04. The number of rotatable bonds is 6. The maximum Gasteiger partial charge on any atom is 0.147 e. The molecule has 0 unspecified atom stereocenters. The predicted octanol–water partition coefficient (Wildman–Crippen LogP) is 1.71. The van der Waals surface area contributed by atoms with E-state index in [1.54, 1.807) is 0 Å². The fourth-order valence-electron chi connectivity index (χ4n) is 1.69. The highest BCUT2D eigenvalue weighted by atomic mass is 16.7. The van der Waals surface area contributed by atoms with E-state index in [1.807, 2.05) is 0 Å². The third-order valence-electron chi connectivity index (χ3n) is 2.65. The summed E-state index contributed by atoms with van der Waals surface area (Å²) in [4.78, 5) is 0. The molecule has 76 valence electrons. The first-order valence-electron chi connectivity index (χ1n) is 5.26. The summed E-state index contributed by atoms with van der Waals surface area (Å²) in [6.07, 6.45) is 7.26. The minimum Gasteiger partial charge on any atom is -0.373 e. The Hall–Kier alpha value is -0.120. The fourth-order valence-corrected chi connectivity index (χ4v) is 1.69. The summed E-state index contributed by atoms with van der Waals surface area (Å²) in [6.45, 7) is 2.30. The zero-order valence-corrected chi connectivity index (χ0v) is 8.04. The van der Waals surface area contributed by atoms with Crippen molar-refractivity contribution in [1.82, 2.24) is 0 Å². The van der Waals surface area contributed by atoms with Gasteiger partial charge in [0.1, 0.15) is 6.79 Å². The van der Waals surface area contributed by atoms with Crippen LogP contribution < -0.4 is 0 Å². The highest BCUT2D eigenvalue weighted by Crippen LogP contribution is 2.18. The Morgan fingerprint density at radius 1 is 0.846 bits per heavy atom. The smallest absolute Gasteiger partial charge is 0.147 e. The third-order valence-corrected chi connectivity index (χ3v) is 2.65. The summed E-state index contributed by atoms with van der Waals surface area (Å²) in [5.74, 6) is 0. The molecule has 2 atom stereocenters. The van der Waals surface area contributed by atoms with Gasteiger partial charge in [-0.05, 0) is 12.8 Å². The fraction of sp³-hybridized carbons (Fsp3) is 1.00. The van der Waals surface area contributed by atoms with Crippen molar-refractivity contribution in [3.05, 3.63) is 0 Å². The van der Waals surface area contributed by atoms with Crippen LogP contribution >= 0.6 is 0 Å². The molecule has 3 nitrogen and oxygen atoms in total. The Balaban J connectivity index is 1.39. The molecule has 0 aromatic carbocycles. The van der Waals surface area contributed by atoms with Crippen LogP contribution in [0.1, 0.15) is 32.1 Å². The summed E-state index contributed by atoms with van der Waals surface area (Å²) in [6, 6.07) is 0. The van der Waals surface area contributed by atoms with Gasteiger partial charge in [0, 0.05) is 0 Å². The standard InChI is InChI=1S/C10H18O3/c1(3-5-10-7-12-10)2-4-9-6-11-8-13-9/h9-10H,1-8H2/t9-,10+/m0/s1. The molecule has 0 aromatic rings. The monoisotopic (exact) mass is 186 g/mol. The van der Waals surface area contributed by atoms with Gasteiger partial charge in [-0.25, -0.2) is 0 Å². The van der Waals surface area contributed by atoms with Gasteiger partial charge in [0.2, 0.25) is 0 Å². The van der Waals surface area contributed by atoms with E-state index in [-0.39, 0.29) is 0 Å².